The molecule has 3 heterocycles. The van der Waals surface area contributed by atoms with E-state index in [1.165, 1.54) is 15.4 Å². The van der Waals surface area contributed by atoms with Crippen LogP contribution in [-0.4, -0.2) is 42.1 Å². The third-order valence-corrected chi connectivity index (χ3v) is 6.34. The lowest BCUT2D eigenvalue weighted by Crippen LogP contribution is -2.29. The van der Waals surface area contributed by atoms with E-state index in [-0.39, 0.29) is 41.3 Å². The molecule has 0 saturated carbocycles. The molecular weight excluding hydrogens is 460 g/mol. The second kappa shape index (κ2) is 9.55. The van der Waals surface area contributed by atoms with Gasteiger partial charge in [-0.2, -0.15) is 0 Å². The number of hydrogen-bond acceptors (Lipinski definition) is 7. The van der Waals surface area contributed by atoms with Crippen LogP contribution in [0.3, 0.4) is 0 Å². The molecule has 2 aromatic heterocycles. The highest BCUT2D eigenvalue weighted by Crippen LogP contribution is 2.33. The van der Waals surface area contributed by atoms with Crippen molar-refractivity contribution in [3.63, 3.8) is 0 Å². The number of benzene rings is 1. The minimum atomic E-state index is -0.932. The van der Waals surface area contributed by atoms with E-state index in [0.29, 0.717) is 15.8 Å². The predicted octanol–water partition coefficient (Wildman–Crippen LogP) is 3.81. The molecule has 1 saturated heterocycles. The van der Waals surface area contributed by atoms with Gasteiger partial charge in [-0.3, -0.25) is 23.7 Å². The smallest absolute Gasteiger partial charge is 0.303 e. The SMILES string of the molecule is Cc1ccc2nc(Nc3ccccc3)c(C=C3SC(=S)N(CCCC(=O)O)C3=O)c(=O)n2c1. The van der Waals surface area contributed by atoms with Crippen molar-refractivity contribution >= 4 is 63.4 Å². The predicted molar refractivity (Wildman–Crippen MR) is 133 cm³/mol. The third kappa shape index (κ3) is 4.96. The zero-order valence-corrected chi connectivity index (χ0v) is 19.3. The number of carboxylic acids is 1. The Morgan fingerprint density at radius 2 is 1.97 bits per heavy atom. The minimum absolute atomic E-state index is 0.0590. The van der Waals surface area contributed by atoms with Gasteiger partial charge in [0.2, 0.25) is 0 Å². The lowest BCUT2D eigenvalue weighted by molar-refractivity contribution is -0.137. The van der Waals surface area contributed by atoms with Gasteiger partial charge in [0.1, 0.15) is 15.8 Å². The lowest BCUT2D eigenvalue weighted by Gasteiger charge is -2.13. The van der Waals surface area contributed by atoms with Crippen molar-refractivity contribution < 1.29 is 14.7 Å². The summed E-state index contributed by atoms with van der Waals surface area (Å²) in [5.41, 5.74) is 2.02. The average molecular weight is 481 g/mol. The number of anilines is 2. The quantitative estimate of drug-likeness (QED) is 0.389. The standard InChI is InChI=1S/C23H20N4O4S2/c1-14-9-10-18-25-20(24-15-6-3-2-4-7-15)16(21(30)27(18)13-14)12-17-22(31)26(23(32)33-17)11-5-8-19(28)29/h2-4,6-7,9-10,12-13,24H,5,8,11H2,1H3,(H,28,29). The van der Waals surface area contributed by atoms with Gasteiger partial charge in [-0.1, -0.05) is 48.2 Å². The fourth-order valence-corrected chi connectivity index (χ4v) is 4.64. The fraction of sp³-hybridized carbons (Fsp3) is 0.174. The van der Waals surface area contributed by atoms with Crippen LogP contribution < -0.4 is 10.9 Å². The first-order chi connectivity index (χ1) is 15.8. The van der Waals surface area contributed by atoms with E-state index >= 15 is 0 Å². The molecule has 0 aliphatic carbocycles. The van der Waals surface area contributed by atoms with E-state index in [1.54, 1.807) is 12.3 Å². The van der Waals surface area contributed by atoms with Crippen molar-refractivity contribution in [3.05, 3.63) is 75.0 Å². The van der Waals surface area contributed by atoms with Crippen LogP contribution in [0, 0.1) is 6.92 Å². The van der Waals surface area contributed by atoms with E-state index in [9.17, 15) is 14.4 Å². The first-order valence-electron chi connectivity index (χ1n) is 10.2. The van der Waals surface area contributed by atoms with Crippen molar-refractivity contribution in [2.45, 2.75) is 19.8 Å². The number of aliphatic carboxylic acids is 1. The number of amides is 1. The van der Waals surface area contributed by atoms with Gasteiger partial charge in [-0.05, 0) is 43.2 Å². The molecule has 1 aromatic carbocycles. The number of pyridine rings is 1. The number of aryl methyl sites for hydroxylation is 1. The molecule has 0 spiro atoms. The molecule has 33 heavy (non-hydrogen) atoms. The van der Waals surface area contributed by atoms with Crippen LogP contribution in [0.1, 0.15) is 24.0 Å². The van der Waals surface area contributed by atoms with Gasteiger partial charge in [-0.25, -0.2) is 4.98 Å². The molecule has 1 aliphatic heterocycles. The molecule has 0 unspecified atom stereocenters. The highest BCUT2D eigenvalue weighted by molar-refractivity contribution is 8.26. The van der Waals surface area contributed by atoms with Gasteiger partial charge in [0, 0.05) is 24.8 Å². The molecule has 10 heteroatoms. The van der Waals surface area contributed by atoms with Gasteiger partial charge >= 0.3 is 5.97 Å². The fourth-order valence-electron chi connectivity index (χ4n) is 3.35. The Bertz CT molecular complexity index is 1350. The Kier molecular flexibility index (Phi) is 6.57. The molecule has 0 radical (unpaired) electrons. The van der Waals surface area contributed by atoms with E-state index in [0.717, 1.165) is 23.0 Å². The van der Waals surface area contributed by atoms with Crippen LogP contribution in [0.15, 0.2) is 58.4 Å². The Hall–Kier alpha value is -3.50. The van der Waals surface area contributed by atoms with Crippen molar-refractivity contribution in [1.29, 1.82) is 0 Å². The second-order valence-electron chi connectivity index (χ2n) is 7.44. The Labute approximate surface area is 198 Å². The second-order valence-corrected chi connectivity index (χ2v) is 9.11. The molecule has 4 rings (SSSR count). The summed E-state index contributed by atoms with van der Waals surface area (Å²) in [5, 5.41) is 12.0. The van der Waals surface area contributed by atoms with Gasteiger partial charge < -0.3 is 10.4 Å². The Balaban J connectivity index is 1.76. The highest BCUT2D eigenvalue weighted by Gasteiger charge is 2.32. The van der Waals surface area contributed by atoms with Crippen LogP contribution in [0.5, 0.6) is 0 Å². The van der Waals surface area contributed by atoms with Crippen LogP contribution in [0.2, 0.25) is 0 Å². The maximum atomic E-state index is 13.4. The first-order valence-corrected chi connectivity index (χ1v) is 11.4. The topological polar surface area (TPSA) is 104 Å². The molecule has 1 amide bonds. The summed E-state index contributed by atoms with van der Waals surface area (Å²) in [6.45, 7) is 2.08. The van der Waals surface area contributed by atoms with E-state index in [2.05, 4.69) is 10.3 Å². The van der Waals surface area contributed by atoms with Gasteiger partial charge in [0.05, 0.1) is 10.5 Å². The number of carbonyl (C=O) groups excluding carboxylic acids is 1. The molecule has 1 aliphatic rings. The van der Waals surface area contributed by atoms with Crippen LogP contribution >= 0.6 is 24.0 Å². The highest BCUT2D eigenvalue weighted by atomic mass is 32.2. The maximum absolute atomic E-state index is 13.4. The zero-order chi connectivity index (χ0) is 23.5. The van der Waals surface area contributed by atoms with E-state index in [4.69, 9.17) is 17.3 Å². The number of rotatable bonds is 7. The van der Waals surface area contributed by atoms with E-state index in [1.807, 2.05) is 43.3 Å². The van der Waals surface area contributed by atoms with Crippen LogP contribution in [0.4, 0.5) is 11.5 Å². The Morgan fingerprint density at radius 1 is 1.21 bits per heavy atom. The van der Waals surface area contributed by atoms with Gasteiger partial charge in [0.25, 0.3) is 11.5 Å². The zero-order valence-electron chi connectivity index (χ0n) is 17.6. The molecule has 0 atom stereocenters. The molecule has 3 aromatic rings. The normalized spacial score (nSPS) is 14.9. The van der Waals surface area contributed by atoms with Crippen molar-refractivity contribution in [3.8, 4) is 0 Å². The number of aromatic nitrogens is 2. The van der Waals surface area contributed by atoms with Crippen molar-refractivity contribution in [2.24, 2.45) is 0 Å². The number of thioether (sulfide) groups is 1. The largest absolute Gasteiger partial charge is 0.481 e. The number of fused-ring (bicyclic) bond motifs is 1. The maximum Gasteiger partial charge on any atom is 0.303 e. The summed E-state index contributed by atoms with van der Waals surface area (Å²) in [7, 11) is 0. The molecule has 0 bridgehead atoms. The minimum Gasteiger partial charge on any atom is -0.481 e. The first kappa shape index (κ1) is 22.7. The van der Waals surface area contributed by atoms with Gasteiger partial charge in [-0.15, -0.1) is 0 Å². The average Bonchev–Trinajstić information content (AvgIpc) is 3.05. The summed E-state index contributed by atoms with van der Waals surface area (Å²) in [5.74, 6) is -0.959. The van der Waals surface area contributed by atoms with Crippen molar-refractivity contribution in [1.82, 2.24) is 14.3 Å². The number of carbonyl (C=O) groups is 2. The Morgan fingerprint density at radius 3 is 2.70 bits per heavy atom. The number of nitrogens with one attached hydrogen (secondary N) is 1. The summed E-state index contributed by atoms with van der Waals surface area (Å²) >= 11 is 6.41. The summed E-state index contributed by atoms with van der Waals surface area (Å²) in [6, 6.07) is 12.9. The molecule has 1 fully saturated rings. The number of para-hydroxylation sites is 1. The van der Waals surface area contributed by atoms with Crippen LogP contribution in [0.25, 0.3) is 11.7 Å². The summed E-state index contributed by atoms with van der Waals surface area (Å²) in [6.07, 6.45) is 3.43. The number of carboxylic acid groups (broad SMARTS) is 1. The third-order valence-electron chi connectivity index (χ3n) is 4.96. The molecule has 2 N–H and O–H groups in total. The molecular formula is C23H20N4O4S2. The molecule has 168 valence electrons. The van der Waals surface area contributed by atoms with Gasteiger partial charge in [0.15, 0.2) is 0 Å². The molecule has 8 nitrogen and oxygen atoms in total. The van der Waals surface area contributed by atoms with E-state index < -0.39 is 5.97 Å². The summed E-state index contributed by atoms with van der Waals surface area (Å²) in [4.78, 5) is 43.4. The number of thiocarbonyl (C=S) groups is 1. The number of nitrogens with zero attached hydrogens (tertiary/aromatic N) is 3. The lowest BCUT2D eigenvalue weighted by atomic mass is 10.2. The monoisotopic (exact) mass is 480 g/mol. The number of hydrogen-bond donors (Lipinski definition) is 2. The van der Waals surface area contributed by atoms with Crippen molar-refractivity contribution in [2.75, 3.05) is 11.9 Å². The summed E-state index contributed by atoms with van der Waals surface area (Å²) < 4.78 is 1.78. The van der Waals surface area contributed by atoms with Crippen LogP contribution in [-0.2, 0) is 9.59 Å².